The van der Waals surface area contributed by atoms with Gasteiger partial charge in [0.2, 0.25) is 11.2 Å². The molecule has 0 amide bonds. The lowest BCUT2D eigenvalue weighted by Crippen LogP contribution is -2.46. The van der Waals surface area contributed by atoms with Crippen molar-refractivity contribution in [1.29, 1.82) is 0 Å². The third-order valence-electron chi connectivity index (χ3n) is 5.40. The standard InChI is InChI=1S/C17H14O4.C10H13NO4/c1-19-13-10-6-9-12-14(18)17(20-2)15(21-16(12)13)11-7-4-3-5-8-11;1-10(11,9(14)15)5-6-2-3-7(12)8(13)4-6/h3-10H,1-2H3;2-4,12-13H,5,11H2,1H3,(H,14,15). The second-order valence-corrected chi connectivity index (χ2v) is 8.22. The van der Waals surface area contributed by atoms with Gasteiger partial charge >= 0.3 is 5.97 Å². The summed E-state index contributed by atoms with van der Waals surface area (Å²) in [7, 11) is 3.01. The summed E-state index contributed by atoms with van der Waals surface area (Å²) in [6, 6.07) is 18.7. The molecule has 9 nitrogen and oxygen atoms in total. The van der Waals surface area contributed by atoms with Crippen molar-refractivity contribution < 1.29 is 34.0 Å². The van der Waals surface area contributed by atoms with Crippen molar-refractivity contribution in [2.75, 3.05) is 14.2 Å². The Balaban J connectivity index is 0.000000214. The molecule has 0 aliphatic carbocycles. The quantitative estimate of drug-likeness (QED) is 0.293. The Morgan fingerprint density at radius 1 is 0.972 bits per heavy atom. The maximum absolute atomic E-state index is 12.6. The normalized spacial score (nSPS) is 12.2. The SMILES string of the molecule is CC(N)(Cc1ccc(O)c(O)c1)C(=O)O.COc1c(-c2ccccc2)oc2c(OC)cccc2c1=O. The average Bonchev–Trinajstić information content (AvgIpc) is 2.86. The zero-order chi connectivity index (χ0) is 26.5. The number of phenols is 2. The van der Waals surface area contributed by atoms with E-state index >= 15 is 0 Å². The second-order valence-electron chi connectivity index (χ2n) is 8.22. The molecule has 0 spiro atoms. The van der Waals surface area contributed by atoms with Crippen LogP contribution in [0.1, 0.15) is 12.5 Å². The first kappa shape index (κ1) is 26.1. The van der Waals surface area contributed by atoms with E-state index in [2.05, 4.69) is 0 Å². The fourth-order valence-electron chi connectivity index (χ4n) is 3.48. The molecule has 0 aliphatic heterocycles. The maximum Gasteiger partial charge on any atom is 0.323 e. The van der Waals surface area contributed by atoms with Gasteiger partial charge in [0.15, 0.2) is 28.6 Å². The molecular weight excluding hydrogens is 466 g/mol. The Labute approximate surface area is 207 Å². The number of para-hydroxylation sites is 1. The maximum atomic E-state index is 12.6. The van der Waals surface area contributed by atoms with Gasteiger partial charge in [-0.15, -0.1) is 0 Å². The van der Waals surface area contributed by atoms with Crippen LogP contribution in [0.15, 0.2) is 75.9 Å². The largest absolute Gasteiger partial charge is 0.504 e. The van der Waals surface area contributed by atoms with E-state index in [0.29, 0.717) is 28.0 Å². The molecule has 5 N–H and O–H groups in total. The fraction of sp³-hybridized carbons (Fsp3) is 0.185. The number of aromatic hydroxyl groups is 2. The number of nitrogens with two attached hydrogens (primary N) is 1. The van der Waals surface area contributed by atoms with Gasteiger partial charge in [-0.05, 0) is 36.8 Å². The van der Waals surface area contributed by atoms with Crippen molar-refractivity contribution in [1.82, 2.24) is 0 Å². The number of hydrogen-bond donors (Lipinski definition) is 4. The zero-order valence-electron chi connectivity index (χ0n) is 20.0. The van der Waals surface area contributed by atoms with Crippen LogP contribution in [0.25, 0.3) is 22.3 Å². The zero-order valence-corrected chi connectivity index (χ0v) is 20.0. The van der Waals surface area contributed by atoms with Crippen LogP contribution in [0.2, 0.25) is 0 Å². The predicted octanol–water partition coefficient (Wildman–Crippen LogP) is 3.92. The summed E-state index contributed by atoms with van der Waals surface area (Å²) in [6.07, 6.45) is 0.0795. The van der Waals surface area contributed by atoms with Crippen LogP contribution in [-0.2, 0) is 11.2 Å². The van der Waals surface area contributed by atoms with E-state index < -0.39 is 11.5 Å². The molecule has 1 aromatic heterocycles. The van der Waals surface area contributed by atoms with Crippen molar-refractivity contribution in [2.24, 2.45) is 5.73 Å². The van der Waals surface area contributed by atoms with Gasteiger partial charge in [-0.25, -0.2) is 0 Å². The molecule has 36 heavy (non-hydrogen) atoms. The minimum absolute atomic E-state index is 0.0795. The Bertz CT molecular complexity index is 1430. The van der Waals surface area contributed by atoms with E-state index in [4.69, 9.17) is 29.8 Å². The molecule has 1 unspecified atom stereocenters. The second kappa shape index (κ2) is 10.8. The van der Waals surface area contributed by atoms with Crippen LogP contribution < -0.4 is 20.6 Å². The lowest BCUT2D eigenvalue weighted by atomic mass is 9.94. The number of ether oxygens (including phenoxy) is 2. The molecule has 4 rings (SSSR count). The molecule has 0 fully saturated rings. The van der Waals surface area contributed by atoms with Crippen LogP contribution in [0.5, 0.6) is 23.0 Å². The predicted molar refractivity (Wildman–Crippen MR) is 135 cm³/mol. The molecule has 9 heteroatoms. The summed E-state index contributed by atoms with van der Waals surface area (Å²) >= 11 is 0. The van der Waals surface area contributed by atoms with Crippen LogP contribution in [0.3, 0.4) is 0 Å². The molecular formula is C27H27NO8. The van der Waals surface area contributed by atoms with Gasteiger partial charge in [0.25, 0.3) is 0 Å². The number of methoxy groups -OCH3 is 2. The number of hydrogen-bond acceptors (Lipinski definition) is 8. The number of carbonyl (C=O) groups is 1. The minimum atomic E-state index is -1.39. The summed E-state index contributed by atoms with van der Waals surface area (Å²) in [4.78, 5) is 23.3. The van der Waals surface area contributed by atoms with Gasteiger partial charge in [0, 0.05) is 12.0 Å². The van der Waals surface area contributed by atoms with Gasteiger partial charge in [-0.1, -0.05) is 42.5 Å². The molecule has 1 heterocycles. The highest BCUT2D eigenvalue weighted by molar-refractivity contribution is 5.86. The first-order valence-corrected chi connectivity index (χ1v) is 10.9. The number of aliphatic carboxylic acids is 1. The van der Waals surface area contributed by atoms with Crippen molar-refractivity contribution in [3.8, 4) is 34.3 Å². The number of carboxylic acids is 1. The Hall–Kier alpha value is -4.50. The average molecular weight is 494 g/mol. The van der Waals surface area contributed by atoms with E-state index in [9.17, 15) is 14.7 Å². The molecule has 0 bridgehead atoms. The van der Waals surface area contributed by atoms with E-state index in [0.717, 1.165) is 5.56 Å². The highest BCUT2D eigenvalue weighted by atomic mass is 16.5. The van der Waals surface area contributed by atoms with Gasteiger partial charge in [0.05, 0.1) is 19.6 Å². The van der Waals surface area contributed by atoms with Crippen LogP contribution in [-0.4, -0.2) is 41.0 Å². The summed E-state index contributed by atoms with van der Waals surface area (Å²) in [6.45, 7) is 1.39. The summed E-state index contributed by atoms with van der Waals surface area (Å²) in [5.41, 5.74) is 5.69. The van der Waals surface area contributed by atoms with E-state index in [1.54, 1.807) is 25.3 Å². The third-order valence-corrected chi connectivity index (χ3v) is 5.40. The van der Waals surface area contributed by atoms with Crippen molar-refractivity contribution in [3.63, 3.8) is 0 Å². The molecule has 4 aromatic rings. The highest BCUT2D eigenvalue weighted by Crippen LogP contribution is 2.34. The Morgan fingerprint density at radius 2 is 1.67 bits per heavy atom. The fourth-order valence-corrected chi connectivity index (χ4v) is 3.48. The van der Waals surface area contributed by atoms with Crippen molar-refractivity contribution in [3.05, 3.63) is 82.5 Å². The van der Waals surface area contributed by atoms with Crippen LogP contribution in [0, 0.1) is 0 Å². The molecule has 0 radical (unpaired) electrons. The Morgan fingerprint density at radius 3 is 2.25 bits per heavy atom. The molecule has 3 aromatic carbocycles. The van der Waals surface area contributed by atoms with Crippen LogP contribution >= 0.6 is 0 Å². The number of fused-ring (bicyclic) bond motifs is 1. The van der Waals surface area contributed by atoms with Gasteiger partial charge < -0.3 is 34.9 Å². The summed E-state index contributed by atoms with van der Waals surface area (Å²) in [5.74, 6) is -0.525. The van der Waals surface area contributed by atoms with Crippen LogP contribution in [0.4, 0.5) is 0 Å². The molecule has 0 aliphatic rings. The third kappa shape index (κ3) is 5.59. The molecule has 0 saturated heterocycles. The minimum Gasteiger partial charge on any atom is -0.504 e. The first-order valence-electron chi connectivity index (χ1n) is 10.9. The van der Waals surface area contributed by atoms with E-state index in [-0.39, 0.29) is 29.1 Å². The monoisotopic (exact) mass is 493 g/mol. The Kier molecular flexibility index (Phi) is 7.86. The van der Waals surface area contributed by atoms with Crippen molar-refractivity contribution >= 4 is 16.9 Å². The highest BCUT2D eigenvalue weighted by Gasteiger charge is 2.28. The van der Waals surface area contributed by atoms with Gasteiger partial charge in [0.1, 0.15) is 5.54 Å². The topological polar surface area (TPSA) is 152 Å². The smallest absolute Gasteiger partial charge is 0.323 e. The summed E-state index contributed by atoms with van der Waals surface area (Å²) in [5, 5.41) is 27.5. The number of carboxylic acid groups (broad SMARTS) is 1. The van der Waals surface area contributed by atoms with Gasteiger partial charge in [-0.3, -0.25) is 9.59 Å². The lowest BCUT2D eigenvalue weighted by Gasteiger charge is -2.19. The van der Waals surface area contributed by atoms with Gasteiger partial charge in [-0.2, -0.15) is 0 Å². The molecule has 188 valence electrons. The number of benzene rings is 3. The molecule has 1 atom stereocenters. The van der Waals surface area contributed by atoms with E-state index in [1.807, 2.05) is 30.3 Å². The summed E-state index contributed by atoms with van der Waals surface area (Å²) < 4.78 is 16.5. The number of phenolic OH excluding ortho intramolecular Hbond substituents is 2. The molecule has 0 saturated carbocycles. The van der Waals surface area contributed by atoms with Crippen molar-refractivity contribution in [2.45, 2.75) is 18.9 Å². The number of rotatable bonds is 6. The van der Waals surface area contributed by atoms with E-state index in [1.165, 1.54) is 32.2 Å². The lowest BCUT2D eigenvalue weighted by molar-refractivity contribution is -0.142. The first-order chi connectivity index (χ1) is 17.1.